The van der Waals surface area contributed by atoms with Crippen LogP contribution in [0, 0.1) is 0 Å². The van der Waals surface area contributed by atoms with Crippen molar-refractivity contribution in [2.24, 2.45) is 7.05 Å². The summed E-state index contributed by atoms with van der Waals surface area (Å²) < 4.78 is 1.77. The normalized spacial score (nSPS) is 14.5. The van der Waals surface area contributed by atoms with Gasteiger partial charge in [-0.15, -0.1) is 0 Å². The lowest BCUT2D eigenvalue weighted by Gasteiger charge is -2.24. The second-order valence-electron chi connectivity index (χ2n) is 8.19. The summed E-state index contributed by atoms with van der Waals surface area (Å²) >= 11 is 0. The third-order valence-corrected chi connectivity index (χ3v) is 5.76. The fourth-order valence-corrected chi connectivity index (χ4v) is 4.02. The van der Waals surface area contributed by atoms with Gasteiger partial charge in [0.15, 0.2) is 5.78 Å². The Labute approximate surface area is 186 Å². The summed E-state index contributed by atoms with van der Waals surface area (Å²) in [5.74, 6) is 0.455. The number of hydrogen-bond donors (Lipinski definition) is 2. The monoisotopic (exact) mass is 427 g/mol. The van der Waals surface area contributed by atoms with Crippen LogP contribution < -0.4 is 10.6 Å². The lowest BCUT2D eigenvalue weighted by Crippen LogP contribution is -2.35. The van der Waals surface area contributed by atoms with E-state index >= 15 is 0 Å². The van der Waals surface area contributed by atoms with Gasteiger partial charge in [-0.05, 0) is 43.6 Å². The summed E-state index contributed by atoms with van der Waals surface area (Å²) in [6.45, 7) is 2.01. The Kier molecular flexibility index (Phi) is 5.60. The van der Waals surface area contributed by atoms with E-state index in [9.17, 15) is 4.79 Å². The summed E-state index contributed by atoms with van der Waals surface area (Å²) in [4.78, 5) is 26.2. The number of ketones is 1. The lowest BCUT2D eigenvalue weighted by atomic mass is 10.1. The maximum absolute atomic E-state index is 12.9. The molecule has 0 radical (unpaired) electrons. The molecule has 8 nitrogen and oxygen atoms in total. The number of nitrogens with zero attached hydrogens (tertiary/aromatic N) is 5. The van der Waals surface area contributed by atoms with Crippen LogP contribution in [0.5, 0.6) is 0 Å². The first kappa shape index (κ1) is 20.3. The first-order valence-corrected chi connectivity index (χ1v) is 10.8. The highest BCUT2D eigenvalue weighted by atomic mass is 16.1. The van der Waals surface area contributed by atoms with Crippen LogP contribution in [-0.4, -0.2) is 49.6 Å². The molecule has 1 fully saturated rings. The van der Waals surface area contributed by atoms with Crippen LogP contribution in [-0.2, 0) is 13.5 Å². The summed E-state index contributed by atoms with van der Waals surface area (Å²) in [7, 11) is 1.89. The number of anilines is 1. The molecular weight excluding hydrogens is 402 g/mol. The van der Waals surface area contributed by atoms with Crippen molar-refractivity contribution in [1.29, 1.82) is 0 Å². The van der Waals surface area contributed by atoms with Crippen LogP contribution >= 0.6 is 0 Å². The number of hydrogen-bond acceptors (Lipinski definition) is 7. The number of aromatic nitrogens is 5. The highest BCUT2D eigenvalue weighted by molar-refractivity contribution is 5.97. The molecule has 5 rings (SSSR count). The molecule has 4 heterocycles. The van der Waals surface area contributed by atoms with Crippen molar-refractivity contribution >= 4 is 22.4 Å². The average Bonchev–Trinajstić information content (AvgIpc) is 3.26. The Morgan fingerprint density at radius 3 is 2.81 bits per heavy atom. The van der Waals surface area contributed by atoms with E-state index in [2.05, 4.69) is 30.7 Å². The molecule has 0 aliphatic carbocycles. The van der Waals surface area contributed by atoms with Gasteiger partial charge in [0.25, 0.3) is 0 Å². The molecule has 4 aromatic rings. The van der Waals surface area contributed by atoms with Gasteiger partial charge in [0.2, 0.25) is 0 Å². The third-order valence-electron chi connectivity index (χ3n) is 5.76. The minimum absolute atomic E-state index is 0.0470. The first-order valence-electron chi connectivity index (χ1n) is 10.8. The molecule has 0 bridgehead atoms. The largest absolute Gasteiger partial charge is 0.381 e. The number of carbonyl (C=O) groups excluding carboxylic acids is 1. The van der Waals surface area contributed by atoms with Crippen molar-refractivity contribution in [3.63, 3.8) is 0 Å². The van der Waals surface area contributed by atoms with Gasteiger partial charge < -0.3 is 10.6 Å². The molecule has 162 valence electrons. The summed E-state index contributed by atoms with van der Waals surface area (Å²) in [6, 6.07) is 8.30. The summed E-state index contributed by atoms with van der Waals surface area (Å²) in [6.07, 6.45) is 11.2. The van der Waals surface area contributed by atoms with Crippen LogP contribution in [0.3, 0.4) is 0 Å². The van der Waals surface area contributed by atoms with Gasteiger partial charge in [-0.3, -0.25) is 14.5 Å². The number of Topliss-reactive ketones (excluding diaryl/α,β-unsaturated/α-hetero) is 1. The standard InChI is InChI=1S/C24H25N7O/c1-31-15-19(13-28-31)16-2-3-17-12-27-24(30-22(17)9-16)10-23(32)18-8-21(14-26-11-18)29-20-4-6-25-7-5-20/h2-3,8-9,11-15,20,25,29H,4-7,10H2,1H3. The van der Waals surface area contributed by atoms with E-state index in [-0.39, 0.29) is 12.2 Å². The molecule has 0 saturated carbocycles. The number of aryl methyl sites for hydroxylation is 1. The van der Waals surface area contributed by atoms with Gasteiger partial charge in [-0.25, -0.2) is 9.97 Å². The molecule has 1 aliphatic heterocycles. The Bertz CT molecular complexity index is 1260. The molecular formula is C24H25N7O. The van der Waals surface area contributed by atoms with E-state index < -0.39 is 0 Å². The number of fused-ring (bicyclic) bond motifs is 1. The maximum Gasteiger partial charge on any atom is 0.172 e. The highest BCUT2D eigenvalue weighted by Crippen LogP contribution is 2.23. The number of pyridine rings is 1. The number of benzene rings is 1. The molecule has 1 saturated heterocycles. The van der Waals surface area contributed by atoms with E-state index in [1.54, 1.807) is 23.3 Å². The van der Waals surface area contributed by atoms with Gasteiger partial charge in [-0.2, -0.15) is 5.10 Å². The zero-order valence-corrected chi connectivity index (χ0v) is 18.0. The molecule has 2 N–H and O–H groups in total. The second kappa shape index (κ2) is 8.84. The molecule has 1 aliphatic rings. The van der Waals surface area contributed by atoms with E-state index in [4.69, 9.17) is 0 Å². The van der Waals surface area contributed by atoms with Gasteiger partial charge in [0.05, 0.1) is 23.8 Å². The topological polar surface area (TPSA) is 97.6 Å². The Morgan fingerprint density at radius 1 is 1.12 bits per heavy atom. The number of rotatable bonds is 6. The van der Waals surface area contributed by atoms with Crippen molar-refractivity contribution in [2.75, 3.05) is 18.4 Å². The molecule has 0 atom stereocenters. The molecule has 0 unspecified atom stereocenters. The fourth-order valence-electron chi connectivity index (χ4n) is 4.02. The van der Waals surface area contributed by atoms with Crippen molar-refractivity contribution < 1.29 is 4.79 Å². The van der Waals surface area contributed by atoms with E-state index in [1.807, 2.05) is 43.7 Å². The van der Waals surface area contributed by atoms with Crippen molar-refractivity contribution in [3.8, 4) is 11.1 Å². The van der Waals surface area contributed by atoms with E-state index in [0.717, 1.165) is 53.6 Å². The molecule has 3 aromatic heterocycles. The quantitative estimate of drug-likeness (QED) is 0.457. The zero-order chi connectivity index (χ0) is 21.9. The predicted molar refractivity (Wildman–Crippen MR) is 124 cm³/mol. The predicted octanol–water partition coefficient (Wildman–Crippen LogP) is 3.01. The lowest BCUT2D eigenvalue weighted by molar-refractivity contribution is 0.0990. The van der Waals surface area contributed by atoms with Gasteiger partial charge in [0, 0.05) is 54.4 Å². The molecule has 8 heteroatoms. The van der Waals surface area contributed by atoms with Crippen molar-refractivity contribution in [3.05, 3.63) is 66.6 Å². The Morgan fingerprint density at radius 2 is 2.00 bits per heavy atom. The average molecular weight is 428 g/mol. The smallest absolute Gasteiger partial charge is 0.172 e. The van der Waals surface area contributed by atoms with E-state index in [1.165, 1.54) is 0 Å². The zero-order valence-electron chi connectivity index (χ0n) is 18.0. The van der Waals surface area contributed by atoms with Gasteiger partial charge in [0.1, 0.15) is 5.82 Å². The maximum atomic E-state index is 12.9. The number of carbonyl (C=O) groups is 1. The summed E-state index contributed by atoms with van der Waals surface area (Å²) in [5.41, 5.74) is 4.31. The first-order chi connectivity index (χ1) is 15.6. The summed E-state index contributed by atoms with van der Waals surface area (Å²) in [5, 5.41) is 12.0. The van der Waals surface area contributed by atoms with Gasteiger partial charge in [-0.1, -0.05) is 12.1 Å². The molecule has 1 aromatic carbocycles. The second-order valence-corrected chi connectivity index (χ2v) is 8.19. The van der Waals surface area contributed by atoms with E-state index in [0.29, 0.717) is 17.4 Å². The molecule has 0 spiro atoms. The molecule has 0 amide bonds. The molecule has 32 heavy (non-hydrogen) atoms. The Hall–Kier alpha value is -3.65. The van der Waals surface area contributed by atoms with Crippen LogP contribution in [0.15, 0.2) is 55.2 Å². The SMILES string of the molecule is Cn1cc(-c2ccc3cnc(CC(=O)c4cncc(NC5CCNCC5)c4)nc3c2)cn1. The van der Waals surface area contributed by atoms with Crippen LogP contribution in [0.4, 0.5) is 5.69 Å². The highest BCUT2D eigenvalue weighted by Gasteiger charge is 2.15. The van der Waals surface area contributed by atoms with Crippen molar-refractivity contribution in [1.82, 2.24) is 30.0 Å². The fraction of sp³-hybridized carbons (Fsp3) is 0.292. The van der Waals surface area contributed by atoms with Gasteiger partial charge >= 0.3 is 0 Å². The third kappa shape index (κ3) is 4.50. The number of nitrogens with one attached hydrogen (secondary N) is 2. The minimum Gasteiger partial charge on any atom is -0.381 e. The minimum atomic E-state index is -0.0470. The van der Waals surface area contributed by atoms with Crippen LogP contribution in [0.1, 0.15) is 29.0 Å². The van der Waals surface area contributed by atoms with Crippen LogP contribution in [0.25, 0.3) is 22.0 Å². The van der Waals surface area contributed by atoms with Crippen LogP contribution in [0.2, 0.25) is 0 Å². The number of piperidine rings is 1. The van der Waals surface area contributed by atoms with Crippen molar-refractivity contribution in [2.45, 2.75) is 25.3 Å². The Balaban J connectivity index is 1.33.